The van der Waals surface area contributed by atoms with Crippen molar-refractivity contribution >= 4 is 17.3 Å². The van der Waals surface area contributed by atoms with Gasteiger partial charge in [0.25, 0.3) is 0 Å². The Hall–Kier alpha value is -2.43. The third kappa shape index (κ3) is 2.45. The normalized spacial score (nSPS) is 10.1. The van der Waals surface area contributed by atoms with Crippen molar-refractivity contribution in [2.75, 3.05) is 11.4 Å². The summed E-state index contributed by atoms with van der Waals surface area (Å²) in [6.07, 6.45) is 3.15. The van der Waals surface area contributed by atoms with E-state index in [4.69, 9.17) is 11.1 Å². The lowest BCUT2D eigenvalue weighted by Crippen LogP contribution is -2.19. The molecule has 0 atom stereocenters. The number of hydrogen-bond acceptors (Lipinski definition) is 4. The molecule has 3 N–H and O–H groups in total. The Morgan fingerprint density at radius 2 is 1.94 bits per heavy atom. The van der Waals surface area contributed by atoms with Crippen LogP contribution < -0.4 is 10.6 Å². The third-order valence-electron chi connectivity index (χ3n) is 2.57. The van der Waals surface area contributed by atoms with Gasteiger partial charge in [-0.15, -0.1) is 0 Å². The van der Waals surface area contributed by atoms with E-state index in [2.05, 4.69) is 9.97 Å². The van der Waals surface area contributed by atoms with Crippen LogP contribution in [0.15, 0.2) is 42.7 Å². The summed E-state index contributed by atoms with van der Waals surface area (Å²) in [6, 6.07) is 9.97. The van der Waals surface area contributed by atoms with Crippen LogP contribution in [0.2, 0.25) is 0 Å². The van der Waals surface area contributed by atoms with Crippen LogP contribution >= 0.6 is 0 Å². The van der Waals surface area contributed by atoms with Gasteiger partial charge in [0.2, 0.25) is 0 Å². The molecule has 18 heavy (non-hydrogen) atoms. The fourth-order valence-electron chi connectivity index (χ4n) is 1.68. The van der Waals surface area contributed by atoms with E-state index in [9.17, 15) is 0 Å². The molecular weight excluding hydrogens is 226 g/mol. The number of nitrogens with zero attached hydrogens (tertiary/aromatic N) is 3. The number of rotatable bonds is 4. The molecule has 0 radical (unpaired) electrons. The van der Waals surface area contributed by atoms with Crippen LogP contribution in [0.1, 0.15) is 12.6 Å². The maximum atomic E-state index is 7.28. The van der Waals surface area contributed by atoms with Gasteiger partial charge in [-0.2, -0.15) is 0 Å². The maximum absolute atomic E-state index is 7.28. The molecule has 0 saturated heterocycles. The lowest BCUT2D eigenvalue weighted by atomic mass is 10.3. The molecule has 2 rings (SSSR count). The molecule has 0 saturated carbocycles. The van der Waals surface area contributed by atoms with Crippen molar-refractivity contribution in [2.45, 2.75) is 6.92 Å². The van der Waals surface area contributed by atoms with E-state index >= 15 is 0 Å². The van der Waals surface area contributed by atoms with Gasteiger partial charge in [-0.3, -0.25) is 5.41 Å². The Morgan fingerprint density at radius 3 is 2.44 bits per heavy atom. The molecule has 0 bridgehead atoms. The summed E-state index contributed by atoms with van der Waals surface area (Å²) >= 11 is 0. The number of benzene rings is 1. The third-order valence-corrected chi connectivity index (χ3v) is 2.57. The first-order chi connectivity index (χ1) is 8.72. The van der Waals surface area contributed by atoms with Gasteiger partial charge in [0.15, 0.2) is 5.82 Å². The van der Waals surface area contributed by atoms with Crippen LogP contribution in [-0.2, 0) is 0 Å². The molecule has 0 aliphatic heterocycles. The molecule has 1 heterocycles. The second-order valence-electron chi connectivity index (χ2n) is 3.75. The van der Waals surface area contributed by atoms with Gasteiger partial charge in [-0.1, -0.05) is 18.2 Å². The molecule has 92 valence electrons. The van der Waals surface area contributed by atoms with Gasteiger partial charge in [-0.05, 0) is 19.1 Å². The highest BCUT2D eigenvalue weighted by Crippen LogP contribution is 2.21. The van der Waals surface area contributed by atoms with E-state index in [1.807, 2.05) is 42.2 Å². The summed E-state index contributed by atoms with van der Waals surface area (Å²) in [6.45, 7) is 2.84. The number of nitrogens with two attached hydrogens (primary N) is 1. The van der Waals surface area contributed by atoms with Crippen molar-refractivity contribution in [3.05, 3.63) is 48.4 Å². The fourth-order valence-corrected chi connectivity index (χ4v) is 1.68. The van der Waals surface area contributed by atoms with Gasteiger partial charge < -0.3 is 10.6 Å². The summed E-state index contributed by atoms with van der Waals surface area (Å²) in [4.78, 5) is 10.4. The number of nitrogens with one attached hydrogen (secondary N) is 1. The maximum Gasteiger partial charge on any atom is 0.151 e. The Kier molecular flexibility index (Phi) is 3.52. The van der Waals surface area contributed by atoms with E-state index in [1.54, 1.807) is 6.20 Å². The largest absolute Gasteiger partial charge is 0.382 e. The number of amidine groups is 1. The molecular formula is C13H15N5. The number of nitrogen functional groups attached to an aromatic ring is 1. The van der Waals surface area contributed by atoms with E-state index in [0.717, 1.165) is 18.1 Å². The Morgan fingerprint density at radius 1 is 1.22 bits per heavy atom. The first-order valence-corrected chi connectivity index (χ1v) is 5.71. The van der Waals surface area contributed by atoms with E-state index in [0.29, 0.717) is 5.69 Å². The summed E-state index contributed by atoms with van der Waals surface area (Å²) in [5.41, 5.74) is 6.80. The molecule has 1 aromatic heterocycles. The second-order valence-corrected chi connectivity index (χ2v) is 3.75. The van der Waals surface area contributed by atoms with Crippen molar-refractivity contribution in [3.8, 4) is 0 Å². The SMILES string of the molecule is CCN(c1ccccc1)c1cnc(C(=N)N)cn1. The van der Waals surface area contributed by atoms with Crippen LogP contribution in [0.5, 0.6) is 0 Å². The predicted molar refractivity (Wildman–Crippen MR) is 72.2 cm³/mol. The minimum absolute atomic E-state index is 0.0724. The van der Waals surface area contributed by atoms with Gasteiger partial charge in [-0.25, -0.2) is 9.97 Å². The monoisotopic (exact) mass is 241 g/mol. The van der Waals surface area contributed by atoms with Crippen LogP contribution in [0.25, 0.3) is 0 Å². The lowest BCUT2D eigenvalue weighted by Gasteiger charge is -2.21. The lowest BCUT2D eigenvalue weighted by molar-refractivity contribution is 0.973. The second kappa shape index (κ2) is 5.27. The van der Waals surface area contributed by atoms with Crippen LogP contribution in [-0.4, -0.2) is 22.3 Å². The quantitative estimate of drug-likeness (QED) is 0.633. The molecule has 0 spiro atoms. The zero-order chi connectivity index (χ0) is 13.0. The minimum Gasteiger partial charge on any atom is -0.382 e. The molecule has 0 fully saturated rings. The standard InChI is InChI=1S/C13H15N5/c1-2-18(10-6-4-3-5-7-10)12-9-16-11(8-17-12)13(14)15/h3-9H,2H2,1H3,(H3,14,15). The first kappa shape index (κ1) is 12.0. The first-order valence-electron chi connectivity index (χ1n) is 5.71. The Balaban J connectivity index is 2.31. The topological polar surface area (TPSA) is 78.9 Å². The smallest absolute Gasteiger partial charge is 0.151 e. The van der Waals surface area contributed by atoms with Gasteiger partial charge >= 0.3 is 0 Å². The van der Waals surface area contributed by atoms with E-state index in [1.165, 1.54) is 6.20 Å². The number of para-hydroxylation sites is 1. The zero-order valence-corrected chi connectivity index (χ0v) is 10.2. The van der Waals surface area contributed by atoms with Crippen molar-refractivity contribution in [3.63, 3.8) is 0 Å². The highest BCUT2D eigenvalue weighted by atomic mass is 15.2. The number of anilines is 2. The Labute approximate surface area is 106 Å². The van der Waals surface area contributed by atoms with Gasteiger partial charge in [0.1, 0.15) is 11.5 Å². The van der Waals surface area contributed by atoms with Crippen molar-refractivity contribution in [1.82, 2.24) is 9.97 Å². The average molecular weight is 241 g/mol. The molecule has 2 aromatic rings. The van der Waals surface area contributed by atoms with Crippen molar-refractivity contribution in [1.29, 1.82) is 5.41 Å². The molecule has 1 aromatic carbocycles. The molecule has 0 aliphatic carbocycles. The molecule has 5 heteroatoms. The zero-order valence-electron chi connectivity index (χ0n) is 10.2. The van der Waals surface area contributed by atoms with Crippen LogP contribution in [0.4, 0.5) is 11.5 Å². The van der Waals surface area contributed by atoms with Gasteiger partial charge in [0.05, 0.1) is 12.4 Å². The fraction of sp³-hybridized carbons (Fsp3) is 0.154. The van der Waals surface area contributed by atoms with E-state index in [-0.39, 0.29) is 5.84 Å². The van der Waals surface area contributed by atoms with E-state index < -0.39 is 0 Å². The van der Waals surface area contributed by atoms with Crippen molar-refractivity contribution in [2.24, 2.45) is 5.73 Å². The molecule has 0 amide bonds. The predicted octanol–water partition coefficient (Wildman–Crippen LogP) is 1.92. The molecule has 0 unspecified atom stereocenters. The molecule has 0 aliphatic rings. The van der Waals surface area contributed by atoms with Crippen molar-refractivity contribution < 1.29 is 0 Å². The summed E-state index contributed by atoms with van der Waals surface area (Å²) in [5.74, 6) is 0.672. The number of hydrogen-bond donors (Lipinski definition) is 2. The van der Waals surface area contributed by atoms with Gasteiger partial charge in [0, 0.05) is 12.2 Å². The minimum atomic E-state index is -0.0724. The summed E-state index contributed by atoms with van der Waals surface area (Å²) < 4.78 is 0. The van der Waals surface area contributed by atoms with Crippen LogP contribution in [0, 0.1) is 5.41 Å². The highest BCUT2D eigenvalue weighted by Gasteiger charge is 2.09. The molecule has 5 nitrogen and oxygen atoms in total. The number of aromatic nitrogens is 2. The highest BCUT2D eigenvalue weighted by molar-refractivity contribution is 5.92. The van der Waals surface area contributed by atoms with Crippen LogP contribution in [0.3, 0.4) is 0 Å². The average Bonchev–Trinajstić information content (AvgIpc) is 2.41. The summed E-state index contributed by atoms with van der Waals surface area (Å²) in [5, 5.41) is 7.28. The Bertz CT molecular complexity index is 521. The summed E-state index contributed by atoms with van der Waals surface area (Å²) in [7, 11) is 0.